The van der Waals surface area contributed by atoms with Gasteiger partial charge in [-0.15, -0.1) is 10.2 Å². The molecule has 1 amide bonds. The number of amides is 1. The van der Waals surface area contributed by atoms with Crippen molar-refractivity contribution in [1.29, 1.82) is 0 Å². The van der Waals surface area contributed by atoms with E-state index in [0.717, 1.165) is 19.4 Å². The standard InChI is InChI=1S/C18H22Cl2N4OS/c1-17(2)5-12-6-18(3,9-17)10-24(12)14(25)8-26-16-22-21-15-13(20)4-11(19)7-23(15)16/h4,7,12H,5-6,8-10H2,1-3H3. The summed E-state index contributed by atoms with van der Waals surface area (Å²) in [4.78, 5) is 15.0. The van der Waals surface area contributed by atoms with E-state index in [1.165, 1.54) is 18.2 Å². The molecule has 5 nitrogen and oxygen atoms in total. The van der Waals surface area contributed by atoms with Crippen molar-refractivity contribution in [2.24, 2.45) is 10.8 Å². The van der Waals surface area contributed by atoms with Crippen LogP contribution in [-0.2, 0) is 4.79 Å². The van der Waals surface area contributed by atoms with Crippen LogP contribution < -0.4 is 0 Å². The van der Waals surface area contributed by atoms with Crippen molar-refractivity contribution in [3.05, 3.63) is 22.3 Å². The zero-order valence-corrected chi connectivity index (χ0v) is 17.5. The van der Waals surface area contributed by atoms with Gasteiger partial charge in [0, 0.05) is 18.8 Å². The number of rotatable bonds is 3. The molecular weight excluding hydrogens is 391 g/mol. The average molecular weight is 413 g/mol. The Balaban J connectivity index is 1.48. The lowest BCUT2D eigenvalue weighted by Gasteiger charge is -2.39. The first kappa shape index (κ1) is 18.4. The normalized spacial score (nSPS) is 27.3. The molecule has 1 aliphatic heterocycles. The molecule has 2 bridgehead atoms. The second-order valence-corrected chi connectivity index (χ2v) is 10.5. The van der Waals surface area contributed by atoms with Gasteiger partial charge in [0.2, 0.25) is 5.91 Å². The molecule has 140 valence electrons. The SMILES string of the molecule is CC1(C)CC2CC(C)(CN2C(=O)CSc2nnc3c(Cl)cc(Cl)cn23)C1. The van der Waals surface area contributed by atoms with Crippen LogP contribution in [0.2, 0.25) is 10.0 Å². The maximum absolute atomic E-state index is 12.9. The lowest BCUT2D eigenvalue weighted by atomic mass is 9.65. The van der Waals surface area contributed by atoms with E-state index in [1.807, 2.05) is 0 Å². The van der Waals surface area contributed by atoms with Crippen molar-refractivity contribution in [3.63, 3.8) is 0 Å². The molecule has 4 rings (SSSR count). The fraction of sp³-hybridized carbons (Fsp3) is 0.611. The number of nitrogens with zero attached hydrogens (tertiary/aromatic N) is 4. The van der Waals surface area contributed by atoms with Gasteiger partial charge in [0.25, 0.3) is 0 Å². The predicted octanol–water partition coefficient (Wildman–Crippen LogP) is 4.56. The summed E-state index contributed by atoms with van der Waals surface area (Å²) in [6.07, 6.45) is 5.10. The third kappa shape index (κ3) is 3.32. The minimum atomic E-state index is 0.173. The second kappa shape index (κ2) is 6.28. The van der Waals surface area contributed by atoms with E-state index in [2.05, 4.69) is 35.9 Å². The van der Waals surface area contributed by atoms with Crippen molar-refractivity contribution in [1.82, 2.24) is 19.5 Å². The first-order valence-corrected chi connectivity index (χ1v) is 10.5. The van der Waals surface area contributed by atoms with E-state index in [-0.39, 0.29) is 11.3 Å². The van der Waals surface area contributed by atoms with E-state index < -0.39 is 0 Å². The summed E-state index contributed by atoms with van der Waals surface area (Å²) in [5.74, 6) is 0.518. The van der Waals surface area contributed by atoms with Gasteiger partial charge in [0.05, 0.1) is 15.8 Å². The summed E-state index contributed by atoms with van der Waals surface area (Å²) >= 11 is 13.6. The lowest BCUT2D eigenvalue weighted by molar-refractivity contribution is -0.129. The van der Waals surface area contributed by atoms with Gasteiger partial charge in [-0.2, -0.15) is 0 Å². The van der Waals surface area contributed by atoms with Crippen molar-refractivity contribution in [3.8, 4) is 0 Å². The maximum atomic E-state index is 12.9. The fourth-order valence-electron chi connectivity index (χ4n) is 4.96. The smallest absolute Gasteiger partial charge is 0.233 e. The molecule has 1 saturated heterocycles. The number of pyridine rings is 1. The highest BCUT2D eigenvalue weighted by Crippen LogP contribution is 2.52. The van der Waals surface area contributed by atoms with E-state index in [9.17, 15) is 4.79 Å². The van der Waals surface area contributed by atoms with Crippen molar-refractivity contribution in [2.45, 2.75) is 51.2 Å². The highest BCUT2D eigenvalue weighted by Gasteiger charge is 2.50. The van der Waals surface area contributed by atoms with Crippen LogP contribution in [0, 0.1) is 10.8 Å². The molecule has 0 spiro atoms. The van der Waals surface area contributed by atoms with Crippen molar-refractivity contribution >= 4 is 46.5 Å². The van der Waals surface area contributed by atoms with Gasteiger partial charge >= 0.3 is 0 Å². The second-order valence-electron chi connectivity index (χ2n) is 8.71. The Morgan fingerprint density at radius 3 is 2.85 bits per heavy atom. The van der Waals surface area contributed by atoms with Gasteiger partial charge in [-0.25, -0.2) is 0 Å². The maximum Gasteiger partial charge on any atom is 0.233 e. The van der Waals surface area contributed by atoms with Crippen LogP contribution in [0.4, 0.5) is 0 Å². The zero-order chi connectivity index (χ0) is 18.7. The Morgan fingerprint density at radius 1 is 1.31 bits per heavy atom. The Bertz CT molecular complexity index is 883. The van der Waals surface area contributed by atoms with E-state index in [0.29, 0.717) is 38.1 Å². The Labute approximate surface area is 167 Å². The number of fused-ring (bicyclic) bond motifs is 3. The fourth-order valence-corrected chi connectivity index (χ4v) is 6.27. The monoisotopic (exact) mass is 412 g/mol. The number of hydrogen-bond donors (Lipinski definition) is 0. The lowest BCUT2D eigenvalue weighted by Crippen LogP contribution is -2.38. The molecule has 2 aromatic heterocycles. The summed E-state index contributed by atoms with van der Waals surface area (Å²) in [6, 6.07) is 2.00. The van der Waals surface area contributed by atoms with E-state index in [4.69, 9.17) is 23.2 Å². The molecule has 26 heavy (non-hydrogen) atoms. The molecule has 0 aromatic carbocycles. The van der Waals surface area contributed by atoms with Crippen LogP contribution in [0.1, 0.15) is 40.0 Å². The quantitative estimate of drug-likeness (QED) is 0.693. The first-order valence-electron chi connectivity index (χ1n) is 8.78. The van der Waals surface area contributed by atoms with Gasteiger partial charge in [0.15, 0.2) is 10.8 Å². The highest BCUT2D eigenvalue weighted by molar-refractivity contribution is 7.99. The Morgan fingerprint density at radius 2 is 2.08 bits per heavy atom. The number of halogens is 2. The summed E-state index contributed by atoms with van der Waals surface area (Å²) < 4.78 is 1.75. The van der Waals surface area contributed by atoms with Crippen LogP contribution in [0.25, 0.3) is 5.65 Å². The molecular formula is C18H22Cl2N4OS. The van der Waals surface area contributed by atoms with Gasteiger partial charge < -0.3 is 4.90 Å². The average Bonchev–Trinajstić information content (AvgIpc) is 3.02. The van der Waals surface area contributed by atoms with Gasteiger partial charge in [0.1, 0.15) is 0 Å². The first-order chi connectivity index (χ1) is 12.2. The molecule has 0 radical (unpaired) electrons. The van der Waals surface area contributed by atoms with E-state index in [1.54, 1.807) is 16.7 Å². The highest BCUT2D eigenvalue weighted by atomic mass is 35.5. The van der Waals surface area contributed by atoms with Crippen LogP contribution in [0.5, 0.6) is 0 Å². The van der Waals surface area contributed by atoms with Gasteiger partial charge in [-0.3, -0.25) is 9.20 Å². The number of carbonyl (C=O) groups is 1. The Kier molecular flexibility index (Phi) is 4.44. The molecule has 2 aliphatic rings. The van der Waals surface area contributed by atoms with E-state index >= 15 is 0 Å². The van der Waals surface area contributed by atoms with Crippen LogP contribution in [0.15, 0.2) is 17.4 Å². The molecule has 2 fully saturated rings. The van der Waals surface area contributed by atoms with Crippen LogP contribution >= 0.6 is 35.0 Å². The number of carbonyl (C=O) groups excluding carboxylic acids is 1. The van der Waals surface area contributed by atoms with Gasteiger partial charge in [-0.05, 0) is 36.2 Å². The summed E-state index contributed by atoms with van der Waals surface area (Å²) in [7, 11) is 0. The molecule has 2 aromatic rings. The van der Waals surface area contributed by atoms with Crippen LogP contribution in [-0.4, -0.2) is 43.7 Å². The summed E-state index contributed by atoms with van der Waals surface area (Å²) in [5, 5.41) is 9.85. The third-order valence-corrected chi connectivity index (χ3v) is 6.87. The minimum absolute atomic E-state index is 0.173. The number of likely N-dealkylation sites (tertiary alicyclic amines) is 1. The van der Waals surface area contributed by atoms with Gasteiger partial charge in [-0.1, -0.05) is 55.7 Å². The van der Waals surface area contributed by atoms with Crippen molar-refractivity contribution < 1.29 is 4.79 Å². The predicted molar refractivity (Wildman–Crippen MR) is 105 cm³/mol. The summed E-state index contributed by atoms with van der Waals surface area (Å²) in [5.41, 5.74) is 1.10. The van der Waals surface area contributed by atoms with Crippen molar-refractivity contribution in [2.75, 3.05) is 12.3 Å². The minimum Gasteiger partial charge on any atom is -0.338 e. The largest absolute Gasteiger partial charge is 0.338 e. The molecule has 2 atom stereocenters. The molecule has 1 aliphatic carbocycles. The molecule has 1 saturated carbocycles. The molecule has 2 unspecified atom stereocenters. The Hall–Kier alpha value is -0.980. The third-order valence-electron chi connectivity index (χ3n) is 5.46. The molecule has 8 heteroatoms. The topological polar surface area (TPSA) is 50.5 Å². The molecule has 0 N–H and O–H groups in total. The van der Waals surface area contributed by atoms with Crippen LogP contribution in [0.3, 0.4) is 0 Å². The zero-order valence-electron chi connectivity index (χ0n) is 15.1. The number of hydrogen-bond acceptors (Lipinski definition) is 4. The summed E-state index contributed by atoms with van der Waals surface area (Å²) in [6.45, 7) is 7.81. The number of aromatic nitrogens is 3. The molecule has 3 heterocycles. The number of thioether (sulfide) groups is 1.